The van der Waals surface area contributed by atoms with Crippen molar-refractivity contribution in [2.75, 3.05) is 4.90 Å². The van der Waals surface area contributed by atoms with E-state index in [1.54, 1.807) is 0 Å². The van der Waals surface area contributed by atoms with E-state index >= 15 is 0 Å². The summed E-state index contributed by atoms with van der Waals surface area (Å²) in [7, 11) is 0. The Morgan fingerprint density at radius 2 is 0.857 bits per heavy atom. The Kier molecular flexibility index (Phi) is 2.84. The molecule has 63 heavy (non-hydrogen) atoms. The molecule has 0 unspecified atom stereocenters. The lowest BCUT2D eigenvalue weighted by Crippen LogP contribution is -2.26. The van der Waals surface area contributed by atoms with E-state index in [0.29, 0.717) is 0 Å². The smallest absolute Gasteiger partial charge is 0.0726 e. The highest BCUT2D eigenvalue weighted by Gasteiger charge is 2.51. The van der Waals surface area contributed by atoms with E-state index in [0.717, 1.165) is 0 Å². The Balaban J connectivity index is 1.26. The van der Waals surface area contributed by atoms with E-state index in [-0.39, 0.29) is 4.90 Å². The highest BCUT2D eigenvalue weighted by Crippen LogP contribution is 2.63. The molecule has 3 aliphatic carbocycles. The number of fused-ring (bicyclic) bond motifs is 14. The van der Waals surface area contributed by atoms with Gasteiger partial charge in [0.25, 0.3) is 0 Å². The lowest BCUT2D eigenvalue weighted by Gasteiger charge is -2.32. The summed E-state index contributed by atoms with van der Waals surface area (Å²) in [5.41, 5.74) is -27.7. The number of benzene rings is 10. The molecule has 13 rings (SSSR count). The molecule has 0 atom stereocenters. The van der Waals surface area contributed by atoms with Crippen LogP contribution in [0, 0.1) is 0 Å². The van der Waals surface area contributed by atoms with Gasteiger partial charge in [-0.15, -0.1) is 0 Å². The molecule has 0 heterocycles. The summed E-state index contributed by atoms with van der Waals surface area (Å²) in [5.74, 6) is 0. The van der Waals surface area contributed by atoms with E-state index in [2.05, 4.69) is 0 Å². The summed E-state index contributed by atoms with van der Waals surface area (Å²) < 4.78 is 403. The molecule has 0 bridgehead atoms. The fraction of sp³-hybridized carbons (Fsp3) is 0.0645. The predicted molar refractivity (Wildman–Crippen MR) is 263 cm³/mol. The number of anilines is 3. The molecule has 0 amide bonds. The Morgan fingerprint density at radius 1 is 0.349 bits per heavy atom. The van der Waals surface area contributed by atoms with Gasteiger partial charge in [-0.1, -0.05) is 201 Å². The number of hydrogen-bond donors (Lipinski definition) is 0. The molecule has 1 nitrogen and oxygen atoms in total. The van der Waals surface area contributed by atoms with Gasteiger partial charge in [0, 0.05) is 30.7 Å². The van der Waals surface area contributed by atoms with Gasteiger partial charge < -0.3 is 4.90 Å². The largest absolute Gasteiger partial charge is 0.310 e. The van der Waals surface area contributed by atoms with Gasteiger partial charge in [0.1, 0.15) is 0 Å². The van der Waals surface area contributed by atoms with Gasteiger partial charge in [-0.25, -0.2) is 0 Å². The van der Waals surface area contributed by atoms with Crippen LogP contribution in [0.25, 0.3) is 66.4 Å². The van der Waals surface area contributed by atoms with E-state index < -0.39 is 365 Å². The predicted octanol–water partition coefficient (Wildman–Crippen LogP) is 16.3. The van der Waals surface area contributed by atoms with Gasteiger partial charge >= 0.3 is 0 Å². The van der Waals surface area contributed by atoms with Crippen molar-refractivity contribution < 1.29 is 58.9 Å². The lowest BCUT2D eigenvalue weighted by molar-refractivity contribution is 0.660. The van der Waals surface area contributed by atoms with Crippen LogP contribution in [0.5, 0.6) is 0 Å². The van der Waals surface area contributed by atoms with Gasteiger partial charge in [0.05, 0.1) is 56.1 Å². The molecule has 296 valence electrons. The summed E-state index contributed by atoms with van der Waals surface area (Å²) in [4.78, 5) is 0.174. The molecule has 10 aromatic carbocycles. The molecule has 0 aliphatic heterocycles. The van der Waals surface area contributed by atoms with Crippen molar-refractivity contribution in [1.29, 1.82) is 0 Å². The van der Waals surface area contributed by atoms with E-state index in [9.17, 15) is 31.5 Å². The van der Waals surface area contributed by atoms with E-state index in [4.69, 9.17) is 27.4 Å². The minimum absolute atomic E-state index is 0.174. The van der Waals surface area contributed by atoms with Crippen molar-refractivity contribution in [2.45, 2.75) is 24.5 Å². The molecular formula is C62H43N. The van der Waals surface area contributed by atoms with Gasteiger partial charge in [0.2, 0.25) is 0 Å². The maximum Gasteiger partial charge on any atom is 0.0726 e. The van der Waals surface area contributed by atoms with Crippen molar-refractivity contribution >= 4 is 27.8 Å². The first-order valence-electron chi connectivity index (χ1n) is 40.2. The second-order valence-corrected chi connectivity index (χ2v) is 14.3. The van der Waals surface area contributed by atoms with Crippen LogP contribution in [0.1, 0.15) is 106 Å². The topological polar surface area (TPSA) is 3.24 Å². The van der Waals surface area contributed by atoms with Gasteiger partial charge in [-0.3, -0.25) is 0 Å². The summed E-state index contributed by atoms with van der Waals surface area (Å²) in [6, 6.07) is -46.7. The maximum atomic E-state index is 10.7. The van der Waals surface area contributed by atoms with Crippen molar-refractivity contribution in [1.82, 2.24) is 0 Å². The fourth-order valence-corrected chi connectivity index (χ4v) is 8.68. The highest BCUT2D eigenvalue weighted by atomic mass is 15.1. The number of rotatable bonds is 5. The van der Waals surface area contributed by atoms with Crippen molar-refractivity contribution in [3.8, 4) is 55.6 Å². The molecule has 1 heteroatoms. The van der Waals surface area contributed by atoms with Gasteiger partial charge in [-0.2, -0.15) is 0 Å². The van der Waals surface area contributed by atoms with Crippen LogP contribution >= 0.6 is 0 Å². The van der Waals surface area contributed by atoms with Crippen LogP contribution in [0.15, 0.2) is 224 Å². The van der Waals surface area contributed by atoms with Crippen LogP contribution < -0.4 is 4.90 Å². The zero-order valence-corrected chi connectivity index (χ0v) is 31.4. The Morgan fingerprint density at radius 3 is 1.54 bits per heavy atom. The molecule has 0 fully saturated rings. The summed E-state index contributed by atoms with van der Waals surface area (Å²) in [6.45, 7) is -8.15. The van der Waals surface area contributed by atoms with Gasteiger partial charge in [-0.05, 0) is 136 Å². The van der Waals surface area contributed by atoms with Crippen LogP contribution in [0.3, 0.4) is 0 Å². The molecule has 0 radical (unpaired) electrons. The zero-order valence-electron chi connectivity index (χ0n) is 74.4. The second-order valence-electron chi connectivity index (χ2n) is 14.3. The minimum atomic E-state index is -4.08. The monoisotopic (exact) mass is 845 g/mol. The van der Waals surface area contributed by atoms with E-state index in [1.165, 1.54) is 0 Å². The summed E-state index contributed by atoms with van der Waals surface area (Å²) in [6.07, 6.45) is 0. The van der Waals surface area contributed by atoms with Crippen LogP contribution in [0.2, 0.25) is 0 Å². The first-order valence-corrected chi connectivity index (χ1v) is 18.7. The first kappa shape index (κ1) is 13.4. The number of para-hydroxylation sites is 1. The third kappa shape index (κ3) is 4.94. The molecule has 0 aromatic heterocycles. The lowest BCUT2D eigenvalue weighted by atomic mass is 9.70. The molecule has 1 spiro atoms. The Hall–Kier alpha value is -7.74. The van der Waals surface area contributed by atoms with Crippen molar-refractivity contribution in [3.05, 3.63) is 257 Å². The van der Waals surface area contributed by atoms with Crippen LogP contribution in [-0.4, -0.2) is 0 Å². The average molecular weight is 845 g/mol. The Labute approximate surface area is 429 Å². The second kappa shape index (κ2) is 13.4. The highest BCUT2D eigenvalue weighted by molar-refractivity contribution is 6.09. The first-order chi connectivity index (χ1) is 48.9. The average Bonchev–Trinajstić information content (AvgIpc) is 1.48. The van der Waals surface area contributed by atoms with Crippen molar-refractivity contribution in [2.24, 2.45) is 0 Å². The third-order valence-corrected chi connectivity index (χ3v) is 11.2. The zero-order chi connectivity index (χ0) is 79.1. The van der Waals surface area contributed by atoms with E-state index in [1.807, 2.05) is 0 Å². The third-order valence-electron chi connectivity index (χ3n) is 11.2. The van der Waals surface area contributed by atoms with Crippen LogP contribution in [0.4, 0.5) is 17.1 Å². The molecule has 3 aliphatic rings. The minimum Gasteiger partial charge on any atom is -0.310 e. The molecule has 0 N–H and O–H groups in total. The molecule has 0 saturated heterocycles. The summed E-state index contributed by atoms with van der Waals surface area (Å²) in [5, 5.41) is -2.06. The SMILES string of the molecule is [2H]c1c([2H])c([2H])c(N(c2c([2H])c([2H])c(-c3c([2H])c([2H])c4c([2H])c([2H])c([2H])c([2H])c4c3-c3c([2H])c([2H])c([2H])c4c3-c3c([2H])c([2H])c([2H])c([2H])c3C4(C([2H])([2H])[2H])C([2H])([2H])[2H])c([2H])c2[2H])c2c([2H])c([2H])c3c(c2[2H])C2(c4c([2H])c([2H])c([2H])c([2H])c4-c4c([2H])c([2H])c([2H])c([2H])c42)c2c([2H])c([2H])c([2H])c([2H])c2-3)c([2H])c1[2H]. The molecule has 0 saturated carbocycles. The molecular weight excluding hydrogens is 759 g/mol. The standard InChI is InChI=1S/C62H43N/c1-61(2)53-26-12-11-24-51(53)60-52(25-16-30-57(60)61)59-45-20-7-6-17-40(45)33-37-46(59)41-31-34-43(35-32-41)63(42-18-4-3-5-19-42)44-36-38-50-49-23-10-15-29-56(49)62(58(50)39-44)54-27-13-8-21-47(54)48-22-9-14-28-55(48)62/h3-39H,1-2H3/i1D3,2D3,3D,4D,5D,6D,7D,8D,9D,10D,11D,12D,13D,14D,15D,16D,17D,18D,19D,20D,21D,22D,23D,24D,25D,26D,27D,28D,29D,30D,31D,32D,33D,34D,35D,36D,37D,38D,39D. The van der Waals surface area contributed by atoms with Gasteiger partial charge in [0.15, 0.2) is 0 Å². The number of nitrogens with zero attached hydrogens (tertiary/aromatic N) is 1. The summed E-state index contributed by atoms with van der Waals surface area (Å²) >= 11 is 0. The Bertz CT molecular complexity index is 5730. The fourth-order valence-electron chi connectivity index (χ4n) is 8.68. The number of hydrogen-bond acceptors (Lipinski definition) is 1. The molecule has 10 aromatic rings. The maximum absolute atomic E-state index is 10.7. The quantitative estimate of drug-likeness (QED) is 0.167. The van der Waals surface area contributed by atoms with Crippen LogP contribution in [-0.2, 0) is 10.8 Å². The van der Waals surface area contributed by atoms with Crippen molar-refractivity contribution in [3.63, 3.8) is 0 Å². The normalized spacial score (nSPS) is 24.2.